The van der Waals surface area contributed by atoms with Gasteiger partial charge >= 0.3 is 0 Å². The quantitative estimate of drug-likeness (QED) is 0.758. The third-order valence-electron chi connectivity index (χ3n) is 3.92. The fourth-order valence-corrected chi connectivity index (χ4v) is 2.95. The van der Waals surface area contributed by atoms with Gasteiger partial charge in [0, 0.05) is 24.0 Å². The molecule has 0 saturated carbocycles. The zero-order valence-corrected chi connectivity index (χ0v) is 12.1. The maximum Gasteiger partial charge on any atom is 0.0536 e. The lowest BCUT2D eigenvalue weighted by molar-refractivity contribution is 0.800. The van der Waals surface area contributed by atoms with E-state index >= 15 is 0 Å². The van der Waals surface area contributed by atoms with Crippen molar-refractivity contribution < 1.29 is 0 Å². The molecule has 0 atom stereocenters. The summed E-state index contributed by atoms with van der Waals surface area (Å²) in [6.07, 6.45) is 0. The van der Waals surface area contributed by atoms with Crippen molar-refractivity contribution in [1.29, 1.82) is 0 Å². The lowest BCUT2D eigenvalue weighted by Gasteiger charge is -2.10. The molecule has 0 aliphatic heterocycles. The van der Waals surface area contributed by atoms with E-state index in [0.29, 0.717) is 6.54 Å². The summed E-state index contributed by atoms with van der Waals surface area (Å²) >= 11 is 0. The number of nitrogens with two attached hydrogens (primary N) is 1. The summed E-state index contributed by atoms with van der Waals surface area (Å²) in [5.74, 6) is 0. The molecule has 0 spiro atoms. The van der Waals surface area contributed by atoms with Crippen LogP contribution >= 0.6 is 0 Å². The Morgan fingerprint density at radius 2 is 1.70 bits per heavy atom. The molecule has 102 valence electrons. The Morgan fingerprint density at radius 3 is 2.35 bits per heavy atom. The van der Waals surface area contributed by atoms with Crippen molar-refractivity contribution in [2.24, 2.45) is 5.73 Å². The molecular weight excluding hydrogens is 244 g/mol. The van der Waals surface area contributed by atoms with Gasteiger partial charge in [-0.1, -0.05) is 48.0 Å². The third kappa shape index (κ3) is 1.93. The molecule has 0 aliphatic rings. The normalized spacial score (nSPS) is 11.2. The lowest BCUT2D eigenvalue weighted by Crippen LogP contribution is -2.01. The van der Waals surface area contributed by atoms with Crippen molar-refractivity contribution in [2.75, 3.05) is 0 Å². The van der Waals surface area contributed by atoms with Crippen LogP contribution in [0.2, 0.25) is 0 Å². The first kappa shape index (κ1) is 12.9. The van der Waals surface area contributed by atoms with E-state index in [-0.39, 0.29) is 0 Å². The van der Waals surface area contributed by atoms with Crippen LogP contribution in [0.3, 0.4) is 0 Å². The maximum atomic E-state index is 6.04. The number of para-hydroxylation sites is 1. The Balaban J connectivity index is 2.35. The second-order valence-electron chi connectivity index (χ2n) is 5.16. The van der Waals surface area contributed by atoms with Crippen LogP contribution in [0.4, 0.5) is 0 Å². The minimum Gasteiger partial charge on any atom is -0.340 e. The van der Waals surface area contributed by atoms with Gasteiger partial charge in [-0.3, -0.25) is 0 Å². The first-order valence-electron chi connectivity index (χ1n) is 7.13. The van der Waals surface area contributed by atoms with Crippen LogP contribution in [-0.4, -0.2) is 4.57 Å². The van der Waals surface area contributed by atoms with Gasteiger partial charge in [-0.2, -0.15) is 0 Å². The molecule has 1 aromatic heterocycles. The van der Waals surface area contributed by atoms with Crippen molar-refractivity contribution in [3.05, 3.63) is 59.7 Å². The van der Waals surface area contributed by atoms with Gasteiger partial charge in [0.15, 0.2) is 0 Å². The van der Waals surface area contributed by atoms with Crippen molar-refractivity contribution in [3.63, 3.8) is 0 Å². The number of aryl methyl sites for hydroxylation is 2. The second kappa shape index (κ2) is 5.14. The largest absolute Gasteiger partial charge is 0.340 e. The Kier molecular flexibility index (Phi) is 3.33. The number of hydrogen-bond donors (Lipinski definition) is 1. The van der Waals surface area contributed by atoms with Crippen molar-refractivity contribution >= 4 is 10.9 Å². The molecule has 0 bridgehead atoms. The van der Waals surface area contributed by atoms with E-state index in [1.807, 2.05) is 0 Å². The molecule has 3 rings (SSSR count). The molecule has 2 nitrogen and oxygen atoms in total. The molecule has 2 N–H and O–H groups in total. The van der Waals surface area contributed by atoms with Crippen LogP contribution in [0, 0.1) is 6.92 Å². The predicted molar refractivity (Wildman–Crippen MR) is 85.7 cm³/mol. The number of fused-ring (bicyclic) bond motifs is 1. The summed E-state index contributed by atoms with van der Waals surface area (Å²) in [5, 5.41) is 1.27. The average molecular weight is 264 g/mol. The lowest BCUT2D eigenvalue weighted by atomic mass is 10.0. The fourth-order valence-electron chi connectivity index (χ4n) is 2.95. The first-order valence-corrected chi connectivity index (χ1v) is 7.13. The van der Waals surface area contributed by atoms with Gasteiger partial charge < -0.3 is 10.3 Å². The van der Waals surface area contributed by atoms with Gasteiger partial charge in [0.25, 0.3) is 0 Å². The molecule has 2 heteroatoms. The summed E-state index contributed by atoms with van der Waals surface area (Å²) in [5.41, 5.74) is 12.3. The number of rotatable bonds is 3. The van der Waals surface area contributed by atoms with Crippen LogP contribution in [-0.2, 0) is 13.1 Å². The highest BCUT2D eigenvalue weighted by Gasteiger charge is 2.16. The Labute approximate surface area is 119 Å². The van der Waals surface area contributed by atoms with E-state index in [0.717, 1.165) is 6.54 Å². The van der Waals surface area contributed by atoms with Crippen LogP contribution in [0.25, 0.3) is 22.2 Å². The fraction of sp³-hybridized carbons (Fsp3) is 0.222. The van der Waals surface area contributed by atoms with Crippen LogP contribution in [0.15, 0.2) is 48.5 Å². The first-order chi connectivity index (χ1) is 9.76. The molecule has 0 aliphatic carbocycles. The summed E-state index contributed by atoms with van der Waals surface area (Å²) in [6, 6.07) is 17.2. The number of hydrogen-bond acceptors (Lipinski definition) is 1. The monoisotopic (exact) mass is 264 g/mol. The van der Waals surface area contributed by atoms with Gasteiger partial charge in [-0.05, 0) is 31.0 Å². The van der Waals surface area contributed by atoms with Gasteiger partial charge in [0.1, 0.15) is 0 Å². The molecule has 0 fully saturated rings. The van der Waals surface area contributed by atoms with Gasteiger partial charge in [0.05, 0.1) is 5.69 Å². The average Bonchev–Trinajstić information content (AvgIpc) is 2.81. The van der Waals surface area contributed by atoms with E-state index in [1.165, 1.54) is 33.3 Å². The molecule has 3 aromatic rings. The van der Waals surface area contributed by atoms with Crippen molar-refractivity contribution in [1.82, 2.24) is 4.57 Å². The highest BCUT2D eigenvalue weighted by atomic mass is 15.0. The molecule has 1 heterocycles. The summed E-state index contributed by atoms with van der Waals surface area (Å²) < 4.78 is 2.36. The summed E-state index contributed by atoms with van der Waals surface area (Å²) in [4.78, 5) is 0. The molecule has 0 saturated heterocycles. The molecule has 0 amide bonds. The van der Waals surface area contributed by atoms with E-state index < -0.39 is 0 Å². The molecule has 2 aromatic carbocycles. The topological polar surface area (TPSA) is 30.9 Å². The van der Waals surface area contributed by atoms with E-state index in [4.69, 9.17) is 5.73 Å². The van der Waals surface area contributed by atoms with Crippen LogP contribution < -0.4 is 5.73 Å². The molecule has 0 radical (unpaired) electrons. The SMILES string of the molecule is CCn1c(-c2ccc(C)cc2)c(CN)c2ccccc21. The highest BCUT2D eigenvalue weighted by molar-refractivity contribution is 5.91. The van der Waals surface area contributed by atoms with Gasteiger partial charge in [-0.25, -0.2) is 0 Å². The second-order valence-corrected chi connectivity index (χ2v) is 5.16. The minimum absolute atomic E-state index is 0.566. The zero-order chi connectivity index (χ0) is 14.1. The Hall–Kier alpha value is -2.06. The highest BCUT2D eigenvalue weighted by Crippen LogP contribution is 2.33. The van der Waals surface area contributed by atoms with Crippen molar-refractivity contribution in [2.45, 2.75) is 26.9 Å². The van der Waals surface area contributed by atoms with E-state index in [1.54, 1.807) is 0 Å². The summed E-state index contributed by atoms with van der Waals surface area (Å²) in [6.45, 7) is 5.81. The van der Waals surface area contributed by atoms with Crippen molar-refractivity contribution in [3.8, 4) is 11.3 Å². The molecular formula is C18H20N2. The summed E-state index contributed by atoms with van der Waals surface area (Å²) in [7, 11) is 0. The Bertz CT molecular complexity index is 695. The molecule has 20 heavy (non-hydrogen) atoms. The Morgan fingerprint density at radius 1 is 1.00 bits per heavy atom. The zero-order valence-electron chi connectivity index (χ0n) is 12.1. The van der Waals surface area contributed by atoms with E-state index in [9.17, 15) is 0 Å². The number of nitrogens with zero attached hydrogens (tertiary/aromatic N) is 1. The van der Waals surface area contributed by atoms with Gasteiger partial charge in [-0.15, -0.1) is 0 Å². The third-order valence-corrected chi connectivity index (χ3v) is 3.92. The van der Waals surface area contributed by atoms with Gasteiger partial charge in [0.2, 0.25) is 0 Å². The minimum atomic E-state index is 0.566. The molecule has 0 unspecified atom stereocenters. The van der Waals surface area contributed by atoms with Crippen LogP contribution in [0.1, 0.15) is 18.1 Å². The maximum absolute atomic E-state index is 6.04. The predicted octanol–water partition coefficient (Wildman–Crippen LogP) is 4.10. The number of aromatic nitrogens is 1. The van der Waals surface area contributed by atoms with E-state index in [2.05, 4.69) is 66.9 Å². The number of benzene rings is 2. The van der Waals surface area contributed by atoms with Crippen LogP contribution in [0.5, 0.6) is 0 Å². The standard InChI is InChI=1S/C18H20N2/c1-3-20-17-7-5-4-6-15(17)16(12-19)18(20)14-10-8-13(2)9-11-14/h4-11H,3,12,19H2,1-2H3. The smallest absolute Gasteiger partial charge is 0.0536 e.